The Morgan fingerprint density at radius 3 is 2.93 bits per heavy atom. The minimum Gasteiger partial charge on any atom is -0.379 e. The average molecular weight is 187 g/mol. The van der Waals surface area contributed by atoms with Crippen molar-refractivity contribution in [3.63, 3.8) is 0 Å². The molecule has 1 saturated heterocycles. The first kappa shape index (κ1) is 9.23. The monoisotopic (exact) mass is 187 g/mol. The summed E-state index contributed by atoms with van der Waals surface area (Å²) >= 11 is 0. The van der Waals surface area contributed by atoms with E-state index in [0.29, 0.717) is 13.2 Å². The first-order chi connectivity index (χ1) is 6.77. The van der Waals surface area contributed by atoms with Gasteiger partial charge in [0, 0.05) is 6.61 Å². The van der Waals surface area contributed by atoms with Crippen LogP contribution in [0.25, 0.3) is 0 Å². The van der Waals surface area contributed by atoms with Crippen molar-refractivity contribution in [2.24, 2.45) is 0 Å². The topological polar surface area (TPSA) is 33.0 Å². The van der Waals surface area contributed by atoms with Gasteiger partial charge in [0.25, 0.3) is 0 Å². The van der Waals surface area contributed by atoms with Crippen LogP contribution in [0.3, 0.4) is 0 Å². The molecule has 1 heterocycles. The van der Waals surface area contributed by atoms with Crippen LogP contribution in [0.5, 0.6) is 0 Å². The fourth-order valence-corrected chi connectivity index (χ4v) is 1.89. The van der Waals surface area contributed by atoms with Gasteiger partial charge in [-0.15, -0.1) is 0 Å². The lowest BCUT2D eigenvalue weighted by Gasteiger charge is -2.19. The summed E-state index contributed by atoms with van der Waals surface area (Å²) in [4.78, 5) is 0. The maximum Gasteiger partial charge on any atom is 0.108 e. The molecule has 1 unspecified atom stereocenters. The first-order valence-corrected chi connectivity index (χ1v) is 4.83. The predicted octanol–water partition coefficient (Wildman–Crippen LogP) is 2.18. The van der Waals surface area contributed by atoms with E-state index >= 15 is 0 Å². The van der Waals surface area contributed by atoms with Gasteiger partial charge in [-0.2, -0.15) is 5.26 Å². The quantitative estimate of drug-likeness (QED) is 0.675. The maximum absolute atomic E-state index is 9.23. The van der Waals surface area contributed by atoms with Crippen LogP contribution < -0.4 is 0 Å². The Balaban J connectivity index is 2.42. The second kappa shape index (κ2) is 3.43. The Morgan fingerprint density at radius 1 is 1.50 bits per heavy atom. The molecule has 0 aliphatic carbocycles. The summed E-state index contributed by atoms with van der Waals surface area (Å²) in [6.45, 7) is 3.28. The van der Waals surface area contributed by atoms with Gasteiger partial charge in [0.05, 0.1) is 12.7 Å². The summed E-state index contributed by atoms with van der Waals surface area (Å²) in [5.74, 6) is 0. The third-order valence-electron chi connectivity index (χ3n) is 2.81. The van der Waals surface area contributed by atoms with Gasteiger partial charge in [0.2, 0.25) is 0 Å². The molecule has 0 amide bonds. The summed E-state index contributed by atoms with van der Waals surface area (Å²) in [6, 6.07) is 10.5. The summed E-state index contributed by atoms with van der Waals surface area (Å²) < 4.78 is 5.32. The van der Waals surface area contributed by atoms with Crippen LogP contribution in [0.2, 0.25) is 0 Å². The van der Waals surface area contributed by atoms with Crippen molar-refractivity contribution in [1.29, 1.82) is 5.26 Å². The van der Waals surface area contributed by atoms with Crippen molar-refractivity contribution in [3.8, 4) is 6.07 Å². The van der Waals surface area contributed by atoms with E-state index in [2.05, 4.69) is 12.1 Å². The van der Waals surface area contributed by atoms with Gasteiger partial charge in [0.15, 0.2) is 0 Å². The Labute approximate surface area is 84.1 Å². The molecule has 0 radical (unpaired) electrons. The number of ether oxygens (including phenoxy) is 1. The van der Waals surface area contributed by atoms with E-state index in [1.807, 2.05) is 25.1 Å². The zero-order valence-corrected chi connectivity index (χ0v) is 8.29. The maximum atomic E-state index is 9.23. The van der Waals surface area contributed by atoms with Crippen LogP contribution in [0.15, 0.2) is 24.3 Å². The standard InChI is InChI=1S/C12H13NO/c1-10-3-2-4-11(7-10)12(8-13)5-6-14-9-12/h2-4,7H,5-6,9H2,1H3. The molecular weight excluding hydrogens is 174 g/mol. The molecule has 14 heavy (non-hydrogen) atoms. The Bertz CT molecular complexity index is 372. The SMILES string of the molecule is Cc1cccc(C2(C#N)CCOC2)c1. The van der Waals surface area contributed by atoms with Crippen molar-refractivity contribution >= 4 is 0 Å². The molecule has 0 saturated carbocycles. The highest BCUT2D eigenvalue weighted by Gasteiger charge is 2.36. The van der Waals surface area contributed by atoms with Crippen LogP contribution in [-0.2, 0) is 10.2 Å². The van der Waals surface area contributed by atoms with Crippen molar-refractivity contribution < 1.29 is 4.74 Å². The second-order valence-corrected chi connectivity index (χ2v) is 3.87. The highest BCUT2D eigenvalue weighted by molar-refractivity contribution is 5.36. The van der Waals surface area contributed by atoms with E-state index in [1.165, 1.54) is 5.56 Å². The van der Waals surface area contributed by atoms with Gasteiger partial charge < -0.3 is 4.74 Å². The molecule has 0 bridgehead atoms. The summed E-state index contributed by atoms with van der Waals surface area (Å²) in [5.41, 5.74) is 1.90. The Hall–Kier alpha value is -1.33. The van der Waals surface area contributed by atoms with E-state index in [4.69, 9.17) is 4.74 Å². The van der Waals surface area contributed by atoms with E-state index in [1.54, 1.807) is 0 Å². The average Bonchev–Trinajstić information content (AvgIpc) is 2.67. The van der Waals surface area contributed by atoms with E-state index in [9.17, 15) is 5.26 Å². The largest absolute Gasteiger partial charge is 0.379 e. The van der Waals surface area contributed by atoms with Gasteiger partial charge in [-0.1, -0.05) is 29.8 Å². The van der Waals surface area contributed by atoms with Gasteiger partial charge >= 0.3 is 0 Å². The molecule has 0 spiro atoms. The smallest absolute Gasteiger partial charge is 0.108 e. The second-order valence-electron chi connectivity index (χ2n) is 3.87. The van der Waals surface area contributed by atoms with Gasteiger partial charge in [0.1, 0.15) is 5.41 Å². The van der Waals surface area contributed by atoms with Crippen molar-refractivity contribution in [2.45, 2.75) is 18.8 Å². The minimum absolute atomic E-state index is 0.397. The Kier molecular flexibility index (Phi) is 2.26. The molecule has 1 fully saturated rings. The molecule has 1 aromatic rings. The van der Waals surface area contributed by atoms with Crippen LogP contribution >= 0.6 is 0 Å². The lowest BCUT2D eigenvalue weighted by atomic mass is 9.81. The molecule has 2 nitrogen and oxygen atoms in total. The number of hydrogen-bond donors (Lipinski definition) is 0. The van der Waals surface area contributed by atoms with E-state index in [0.717, 1.165) is 12.0 Å². The molecule has 0 aromatic heterocycles. The van der Waals surface area contributed by atoms with E-state index in [-0.39, 0.29) is 0 Å². The van der Waals surface area contributed by atoms with Crippen LogP contribution in [0, 0.1) is 18.3 Å². The molecule has 2 rings (SSSR count). The van der Waals surface area contributed by atoms with E-state index < -0.39 is 5.41 Å². The fourth-order valence-electron chi connectivity index (χ4n) is 1.89. The number of hydrogen-bond acceptors (Lipinski definition) is 2. The lowest BCUT2D eigenvalue weighted by Crippen LogP contribution is -2.24. The first-order valence-electron chi connectivity index (χ1n) is 4.83. The summed E-state index contributed by atoms with van der Waals surface area (Å²) in [6.07, 6.45) is 0.812. The molecular formula is C12H13NO. The highest BCUT2D eigenvalue weighted by Crippen LogP contribution is 2.32. The Morgan fingerprint density at radius 2 is 2.36 bits per heavy atom. The summed E-state index contributed by atoms with van der Waals surface area (Å²) in [5, 5.41) is 9.23. The van der Waals surface area contributed by atoms with Gasteiger partial charge in [-0.05, 0) is 18.9 Å². The zero-order chi connectivity index (χ0) is 10.0. The highest BCUT2D eigenvalue weighted by atomic mass is 16.5. The zero-order valence-electron chi connectivity index (χ0n) is 8.29. The van der Waals surface area contributed by atoms with Crippen LogP contribution in [0.1, 0.15) is 17.5 Å². The molecule has 2 heteroatoms. The number of aryl methyl sites for hydroxylation is 1. The van der Waals surface area contributed by atoms with Crippen molar-refractivity contribution in [3.05, 3.63) is 35.4 Å². The van der Waals surface area contributed by atoms with Gasteiger partial charge in [-0.3, -0.25) is 0 Å². The van der Waals surface area contributed by atoms with Crippen molar-refractivity contribution in [2.75, 3.05) is 13.2 Å². The van der Waals surface area contributed by atoms with Crippen LogP contribution in [-0.4, -0.2) is 13.2 Å². The number of nitrogens with zero attached hydrogens (tertiary/aromatic N) is 1. The molecule has 0 N–H and O–H groups in total. The lowest BCUT2D eigenvalue weighted by molar-refractivity contribution is 0.186. The van der Waals surface area contributed by atoms with Crippen LogP contribution in [0.4, 0.5) is 0 Å². The molecule has 1 aromatic carbocycles. The molecule has 72 valence electrons. The fraction of sp³-hybridized carbons (Fsp3) is 0.417. The number of rotatable bonds is 1. The number of nitriles is 1. The van der Waals surface area contributed by atoms with Crippen molar-refractivity contribution in [1.82, 2.24) is 0 Å². The molecule has 1 atom stereocenters. The van der Waals surface area contributed by atoms with Gasteiger partial charge in [-0.25, -0.2) is 0 Å². The molecule has 1 aliphatic heterocycles. The summed E-state index contributed by atoms with van der Waals surface area (Å²) in [7, 11) is 0. The minimum atomic E-state index is -0.397. The third-order valence-corrected chi connectivity index (χ3v) is 2.81. The number of benzene rings is 1. The molecule has 1 aliphatic rings. The normalized spacial score (nSPS) is 26.0. The third kappa shape index (κ3) is 1.40. The predicted molar refractivity (Wildman–Crippen MR) is 53.9 cm³/mol.